The molecule has 0 amide bonds. The quantitative estimate of drug-likeness (QED) is 0.794. The Bertz CT molecular complexity index is 546. The van der Waals surface area contributed by atoms with Gasteiger partial charge >= 0.3 is 0 Å². The van der Waals surface area contributed by atoms with Crippen LogP contribution in [0, 0.1) is 0 Å². The minimum Gasteiger partial charge on any atom is -0.505 e. The van der Waals surface area contributed by atoms with Crippen molar-refractivity contribution >= 4 is 5.95 Å². The molecule has 0 aliphatic carbocycles. The van der Waals surface area contributed by atoms with Crippen LogP contribution in [0.2, 0.25) is 0 Å². The summed E-state index contributed by atoms with van der Waals surface area (Å²) in [5, 5.41) is 9.23. The number of nitrogens with one attached hydrogen (secondary N) is 1. The number of aromatic hydroxyl groups is 1. The molecule has 6 heteroatoms. The summed E-state index contributed by atoms with van der Waals surface area (Å²) in [6.07, 6.45) is 8.48. The van der Waals surface area contributed by atoms with Gasteiger partial charge in [-0.25, -0.2) is 9.97 Å². The van der Waals surface area contributed by atoms with Crippen molar-refractivity contribution in [2.24, 2.45) is 0 Å². The van der Waals surface area contributed by atoms with Crippen molar-refractivity contribution in [3.05, 3.63) is 36.4 Å². The Morgan fingerprint density at radius 3 is 2.55 bits per heavy atom. The molecule has 0 aromatic carbocycles. The summed E-state index contributed by atoms with van der Waals surface area (Å²) in [5.74, 6) is 0.827. The predicted octanol–water partition coefficient (Wildman–Crippen LogP) is 1.66. The predicted molar refractivity (Wildman–Crippen MR) is 86.1 cm³/mol. The lowest BCUT2D eigenvalue weighted by molar-refractivity contribution is 0.252. The van der Waals surface area contributed by atoms with Gasteiger partial charge in [0.05, 0.1) is 12.4 Å². The molecule has 0 radical (unpaired) electrons. The maximum absolute atomic E-state index is 9.23. The van der Waals surface area contributed by atoms with E-state index in [-0.39, 0.29) is 5.75 Å². The molecule has 0 atom stereocenters. The van der Waals surface area contributed by atoms with Gasteiger partial charge in [0.25, 0.3) is 0 Å². The summed E-state index contributed by atoms with van der Waals surface area (Å²) in [5.41, 5.74) is 1.33. The van der Waals surface area contributed by atoms with Gasteiger partial charge in [-0.05, 0) is 37.9 Å². The number of H-pyrrole nitrogens is 1. The van der Waals surface area contributed by atoms with Crippen molar-refractivity contribution in [2.75, 3.05) is 37.6 Å². The molecule has 1 saturated heterocycles. The van der Waals surface area contributed by atoms with E-state index in [0.29, 0.717) is 5.95 Å². The molecule has 2 N–H and O–H groups in total. The number of aromatic nitrogens is 3. The van der Waals surface area contributed by atoms with Crippen LogP contribution in [0.3, 0.4) is 0 Å². The lowest BCUT2D eigenvalue weighted by Crippen LogP contribution is -2.47. The van der Waals surface area contributed by atoms with Gasteiger partial charge in [0.2, 0.25) is 5.95 Å². The standard InChI is InChI=1S/C16H23N5O/c22-15-12-18-16(19-13-15)21-10-8-20(9-11-21)7-2-1-4-14-5-3-6-17-14/h3,5-6,12-13,17,22H,1-2,4,7-11H2. The number of rotatable bonds is 6. The minimum absolute atomic E-state index is 0.115. The molecule has 0 unspecified atom stereocenters. The normalized spacial score (nSPS) is 16.1. The van der Waals surface area contributed by atoms with Crippen LogP contribution in [-0.4, -0.2) is 57.7 Å². The smallest absolute Gasteiger partial charge is 0.225 e. The molecule has 1 fully saturated rings. The van der Waals surface area contributed by atoms with E-state index >= 15 is 0 Å². The molecule has 0 saturated carbocycles. The fourth-order valence-electron chi connectivity index (χ4n) is 2.82. The zero-order valence-electron chi connectivity index (χ0n) is 12.8. The second-order valence-electron chi connectivity index (χ2n) is 5.72. The first-order valence-corrected chi connectivity index (χ1v) is 7.92. The van der Waals surface area contributed by atoms with E-state index in [4.69, 9.17) is 0 Å². The first kappa shape index (κ1) is 14.8. The van der Waals surface area contributed by atoms with Crippen LogP contribution < -0.4 is 4.90 Å². The number of anilines is 1. The molecule has 3 rings (SSSR count). The van der Waals surface area contributed by atoms with Crippen LogP contribution in [0.25, 0.3) is 0 Å². The van der Waals surface area contributed by atoms with Crippen molar-refractivity contribution in [1.29, 1.82) is 0 Å². The van der Waals surface area contributed by atoms with E-state index in [9.17, 15) is 5.11 Å². The SMILES string of the molecule is Oc1cnc(N2CCN(CCCCc3ccc[nH]3)CC2)nc1. The highest BCUT2D eigenvalue weighted by atomic mass is 16.3. The third kappa shape index (κ3) is 3.98. The fourth-order valence-corrected chi connectivity index (χ4v) is 2.82. The number of aryl methyl sites for hydroxylation is 1. The maximum atomic E-state index is 9.23. The minimum atomic E-state index is 0.115. The summed E-state index contributed by atoms with van der Waals surface area (Å²) in [6.45, 7) is 5.15. The third-order valence-electron chi connectivity index (χ3n) is 4.11. The van der Waals surface area contributed by atoms with Crippen molar-refractivity contribution in [1.82, 2.24) is 19.9 Å². The molecule has 2 aromatic rings. The Hall–Kier alpha value is -2.08. The first-order valence-electron chi connectivity index (χ1n) is 7.92. The van der Waals surface area contributed by atoms with Crippen LogP contribution >= 0.6 is 0 Å². The van der Waals surface area contributed by atoms with E-state index in [1.807, 2.05) is 6.20 Å². The second kappa shape index (κ2) is 7.26. The van der Waals surface area contributed by atoms with E-state index in [0.717, 1.165) is 39.1 Å². The lowest BCUT2D eigenvalue weighted by Gasteiger charge is -2.34. The zero-order chi connectivity index (χ0) is 15.2. The summed E-state index contributed by atoms with van der Waals surface area (Å²) in [6, 6.07) is 4.20. The number of aromatic amines is 1. The number of unbranched alkanes of at least 4 members (excludes halogenated alkanes) is 1. The Morgan fingerprint density at radius 2 is 1.86 bits per heavy atom. The highest BCUT2D eigenvalue weighted by molar-refractivity contribution is 5.31. The molecule has 22 heavy (non-hydrogen) atoms. The molecule has 0 spiro atoms. The maximum Gasteiger partial charge on any atom is 0.225 e. The van der Waals surface area contributed by atoms with Crippen molar-refractivity contribution in [2.45, 2.75) is 19.3 Å². The van der Waals surface area contributed by atoms with Gasteiger partial charge in [0, 0.05) is 38.1 Å². The van der Waals surface area contributed by atoms with Gasteiger partial charge in [-0.3, -0.25) is 4.90 Å². The van der Waals surface area contributed by atoms with Crippen LogP contribution in [0.1, 0.15) is 18.5 Å². The average molecular weight is 301 g/mol. The summed E-state index contributed by atoms with van der Waals surface area (Å²) < 4.78 is 0. The van der Waals surface area contributed by atoms with Crippen LogP contribution in [0.4, 0.5) is 5.95 Å². The van der Waals surface area contributed by atoms with Crippen molar-refractivity contribution in [3.8, 4) is 5.75 Å². The van der Waals surface area contributed by atoms with E-state index < -0.39 is 0 Å². The first-order chi connectivity index (χ1) is 10.8. The molecule has 1 aliphatic heterocycles. The van der Waals surface area contributed by atoms with Gasteiger partial charge in [-0.2, -0.15) is 0 Å². The van der Waals surface area contributed by atoms with Crippen LogP contribution in [0.15, 0.2) is 30.7 Å². The summed E-state index contributed by atoms with van der Waals surface area (Å²) in [7, 11) is 0. The largest absolute Gasteiger partial charge is 0.505 e. The third-order valence-corrected chi connectivity index (χ3v) is 4.11. The van der Waals surface area contributed by atoms with Gasteiger partial charge < -0.3 is 15.0 Å². The van der Waals surface area contributed by atoms with E-state index in [2.05, 4.69) is 36.9 Å². The number of hydrogen-bond acceptors (Lipinski definition) is 5. The second-order valence-corrected chi connectivity index (χ2v) is 5.72. The molecular formula is C16H23N5O. The molecule has 1 aliphatic rings. The molecule has 3 heterocycles. The van der Waals surface area contributed by atoms with Gasteiger partial charge in [0.15, 0.2) is 5.75 Å². The number of nitrogens with zero attached hydrogens (tertiary/aromatic N) is 4. The molecule has 0 bridgehead atoms. The summed E-state index contributed by atoms with van der Waals surface area (Å²) >= 11 is 0. The van der Waals surface area contributed by atoms with Gasteiger partial charge in [0.1, 0.15) is 0 Å². The molecular weight excluding hydrogens is 278 g/mol. The average Bonchev–Trinajstić information content (AvgIpc) is 3.06. The van der Waals surface area contributed by atoms with Crippen LogP contribution in [0.5, 0.6) is 5.75 Å². The number of hydrogen-bond donors (Lipinski definition) is 2. The monoisotopic (exact) mass is 301 g/mol. The topological polar surface area (TPSA) is 68.3 Å². The molecule has 6 nitrogen and oxygen atoms in total. The number of piperazine rings is 1. The van der Waals surface area contributed by atoms with Crippen molar-refractivity contribution in [3.63, 3.8) is 0 Å². The Balaban J connectivity index is 1.35. The van der Waals surface area contributed by atoms with E-state index in [1.165, 1.54) is 30.9 Å². The highest BCUT2D eigenvalue weighted by Gasteiger charge is 2.18. The lowest BCUT2D eigenvalue weighted by atomic mass is 10.2. The highest BCUT2D eigenvalue weighted by Crippen LogP contribution is 2.13. The molecule has 2 aromatic heterocycles. The Labute approximate surface area is 130 Å². The van der Waals surface area contributed by atoms with E-state index in [1.54, 1.807) is 0 Å². The zero-order valence-corrected chi connectivity index (χ0v) is 12.8. The van der Waals surface area contributed by atoms with Gasteiger partial charge in [-0.15, -0.1) is 0 Å². The van der Waals surface area contributed by atoms with Gasteiger partial charge in [-0.1, -0.05) is 0 Å². The Kier molecular flexibility index (Phi) is 4.90. The fraction of sp³-hybridized carbons (Fsp3) is 0.500. The summed E-state index contributed by atoms with van der Waals surface area (Å²) in [4.78, 5) is 16.3. The van der Waals surface area contributed by atoms with Crippen molar-refractivity contribution < 1.29 is 5.11 Å². The van der Waals surface area contributed by atoms with Crippen LogP contribution in [-0.2, 0) is 6.42 Å². The Morgan fingerprint density at radius 1 is 1.09 bits per heavy atom. The molecule has 118 valence electrons.